The normalized spacial score (nSPS) is 20.3. The summed E-state index contributed by atoms with van der Waals surface area (Å²) in [6.45, 7) is 4.76. The summed E-state index contributed by atoms with van der Waals surface area (Å²) in [7, 11) is 0. The Morgan fingerprint density at radius 2 is 1.52 bits per heavy atom. The molecule has 1 aromatic heterocycles. The Hall–Kier alpha value is -3.40. The molecular formula is C30H32ClF2N5O2. The second-order valence-electron chi connectivity index (χ2n) is 10.4. The van der Waals surface area contributed by atoms with Gasteiger partial charge in [-0.1, -0.05) is 35.9 Å². The SMILES string of the molecule is O=C(N[C@@H]1CCN(Cc2ccc(Cl)cc2)C[C@@H]1F)c1ccc(C(=O)N2CCN(Cc3ccc(F)cc3)CC2)cn1. The van der Waals surface area contributed by atoms with E-state index in [0.717, 1.165) is 11.1 Å². The number of amides is 2. The van der Waals surface area contributed by atoms with Gasteiger partial charge in [0, 0.05) is 63.6 Å². The number of pyridine rings is 1. The van der Waals surface area contributed by atoms with Gasteiger partial charge in [0.2, 0.25) is 0 Å². The molecule has 0 spiro atoms. The van der Waals surface area contributed by atoms with Gasteiger partial charge in [-0.2, -0.15) is 0 Å². The largest absolute Gasteiger partial charge is 0.345 e. The Morgan fingerprint density at radius 3 is 2.15 bits per heavy atom. The van der Waals surface area contributed by atoms with Crippen LogP contribution in [0.1, 0.15) is 38.4 Å². The van der Waals surface area contributed by atoms with E-state index in [2.05, 4.69) is 15.2 Å². The molecule has 0 aliphatic carbocycles. The van der Waals surface area contributed by atoms with Crippen LogP contribution in [-0.2, 0) is 13.1 Å². The van der Waals surface area contributed by atoms with Crippen LogP contribution in [0.2, 0.25) is 5.02 Å². The Bertz CT molecular complexity index is 1300. The minimum absolute atomic E-state index is 0.141. The third kappa shape index (κ3) is 7.21. The number of carbonyl (C=O) groups excluding carboxylic acids is 2. The van der Waals surface area contributed by atoms with E-state index in [0.29, 0.717) is 62.8 Å². The van der Waals surface area contributed by atoms with Crippen molar-refractivity contribution < 1.29 is 18.4 Å². The number of carbonyl (C=O) groups is 2. The second kappa shape index (κ2) is 12.8. The van der Waals surface area contributed by atoms with Gasteiger partial charge in [-0.3, -0.25) is 24.4 Å². The predicted octanol–water partition coefficient (Wildman–Crippen LogP) is 4.17. The number of nitrogens with one attached hydrogen (secondary N) is 1. The van der Waals surface area contributed by atoms with Gasteiger partial charge < -0.3 is 10.2 Å². The lowest BCUT2D eigenvalue weighted by molar-refractivity contribution is 0.0627. The van der Waals surface area contributed by atoms with Crippen molar-refractivity contribution in [1.29, 1.82) is 0 Å². The van der Waals surface area contributed by atoms with Crippen LogP contribution in [0.3, 0.4) is 0 Å². The van der Waals surface area contributed by atoms with E-state index in [9.17, 15) is 18.4 Å². The van der Waals surface area contributed by atoms with Crippen LogP contribution >= 0.6 is 11.6 Å². The first kappa shape index (κ1) is 28.1. The fraction of sp³-hybridized carbons (Fsp3) is 0.367. The summed E-state index contributed by atoms with van der Waals surface area (Å²) in [6, 6.07) is 16.5. The highest BCUT2D eigenvalue weighted by atomic mass is 35.5. The Kier molecular flexibility index (Phi) is 9.04. The van der Waals surface area contributed by atoms with Crippen LogP contribution in [0.4, 0.5) is 8.78 Å². The van der Waals surface area contributed by atoms with Gasteiger partial charge in [-0.15, -0.1) is 0 Å². The van der Waals surface area contributed by atoms with Crippen LogP contribution in [0.25, 0.3) is 0 Å². The van der Waals surface area contributed by atoms with Crippen LogP contribution in [-0.4, -0.2) is 83.0 Å². The van der Waals surface area contributed by atoms with Gasteiger partial charge in [-0.05, 0) is 53.9 Å². The van der Waals surface area contributed by atoms with Crippen molar-refractivity contribution in [2.24, 2.45) is 0 Å². The number of likely N-dealkylation sites (tertiary alicyclic amines) is 1. The zero-order valence-electron chi connectivity index (χ0n) is 22.1. The molecule has 0 bridgehead atoms. The third-order valence-electron chi connectivity index (χ3n) is 7.48. The summed E-state index contributed by atoms with van der Waals surface area (Å²) in [5, 5.41) is 3.44. The van der Waals surface area contributed by atoms with E-state index < -0.39 is 18.1 Å². The fourth-order valence-electron chi connectivity index (χ4n) is 5.16. The van der Waals surface area contributed by atoms with Crippen LogP contribution < -0.4 is 5.32 Å². The van der Waals surface area contributed by atoms with Crippen molar-refractivity contribution in [3.05, 3.63) is 100 Å². The van der Waals surface area contributed by atoms with Crippen LogP contribution in [0.5, 0.6) is 0 Å². The molecule has 7 nitrogen and oxygen atoms in total. The number of benzene rings is 2. The topological polar surface area (TPSA) is 68.8 Å². The number of hydrogen-bond acceptors (Lipinski definition) is 5. The molecule has 2 amide bonds. The second-order valence-corrected chi connectivity index (χ2v) is 10.8. The molecule has 40 heavy (non-hydrogen) atoms. The maximum Gasteiger partial charge on any atom is 0.270 e. The first-order valence-electron chi connectivity index (χ1n) is 13.5. The maximum atomic E-state index is 14.9. The summed E-state index contributed by atoms with van der Waals surface area (Å²) in [5.74, 6) is -0.848. The summed E-state index contributed by atoms with van der Waals surface area (Å²) < 4.78 is 28.1. The van der Waals surface area contributed by atoms with Gasteiger partial charge in [0.05, 0.1) is 11.6 Å². The minimum atomic E-state index is -1.20. The Labute approximate surface area is 237 Å². The highest BCUT2D eigenvalue weighted by Gasteiger charge is 2.31. The average Bonchev–Trinajstić information content (AvgIpc) is 2.97. The van der Waals surface area contributed by atoms with Crippen LogP contribution in [0.15, 0.2) is 66.9 Å². The fourth-order valence-corrected chi connectivity index (χ4v) is 5.28. The molecule has 0 radical (unpaired) electrons. The molecule has 0 unspecified atom stereocenters. The zero-order chi connectivity index (χ0) is 28.1. The molecule has 1 N–H and O–H groups in total. The molecule has 2 saturated heterocycles. The number of aromatic nitrogens is 1. The lowest BCUT2D eigenvalue weighted by Crippen LogP contribution is -2.52. The first-order valence-corrected chi connectivity index (χ1v) is 13.9. The van der Waals surface area contributed by atoms with E-state index in [-0.39, 0.29) is 24.0 Å². The lowest BCUT2D eigenvalue weighted by atomic mass is 10.0. The van der Waals surface area contributed by atoms with Crippen molar-refractivity contribution in [2.45, 2.75) is 31.7 Å². The lowest BCUT2D eigenvalue weighted by Gasteiger charge is -2.35. The van der Waals surface area contributed by atoms with Gasteiger partial charge in [0.1, 0.15) is 17.7 Å². The number of halogens is 3. The number of rotatable bonds is 7. The van der Waals surface area contributed by atoms with Crippen molar-refractivity contribution in [3.63, 3.8) is 0 Å². The highest BCUT2D eigenvalue weighted by molar-refractivity contribution is 6.30. The molecule has 3 aromatic rings. The van der Waals surface area contributed by atoms with Crippen LogP contribution in [0, 0.1) is 5.82 Å². The van der Waals surface area contributed by atoms with E-state index in [4.69, 9.17) is 11.6 Å². The average molecular weight is 568 g/mol. The van der Waals surface area contributed by atoms with E-state index >= 15 is 0 Å². The van der Waals surface area contributed by atoms with Crippen molar-refractivity contribution in [1.82, 2.24) is 25.0 Å². The molecule has 2 aromatic carbocycles. The molecular weight excluding hydrogens is 536 g/mol. The third-order valence-corrected chi connectivity index (χ3v) is 7.74. The Balaban J connectivity index is 1.08. The van der Waals surface area contributed by atoms with Crippen molar-refractivity contribution in [2.75, 3.05) is 39.3 Å². The summed E-state index contributed by atoms with van der Waals surface area (Å²) in [4.78, 5) is 36.0. The molecule has 0 saturated carbocycles. The summed E-state index contributed by atoms with van der Waals surface area (Å²) in [6.07, 6.45) is 0.695. The minimum Gasteiger partial charge on any atom is -0.345 e. The zero-order valence-corrected chi connectivity index (χ0v) is 22.9. The smallest absolute Gasteiger partial charge is 0.270 e. The standard InChI is InChI=1S/C30H32ClF2N5O2/c31-24-6-1-21(2-7-24)19-37-12-11-27(26(33)20-37)35-29(39)28-10-5-23(17-34-28)30(40)38-15-13-36(14-16-38)18-22-3-8-25(32)9-4-22/h1-10,17,26-27H,11-16,18-20H2,(H,35,39)/t26-,27+/m0/s1. The molecule has 2 aliphatic heterocycles. The number of piperidine rings is 1. The van der Waals surface area contributed by atoms with Gasteiger partial charge in [-0.25, -0.2) is 8.78 Å². The molecule has 2 atom stereocenters. The number of piperazine rings is 1. The van der Waals surface area contributed by atoms with Gasteiger partial charge >= 0.3 is 0 Å². The van der Waals surface area contributed by atoms with Gasteiger partial charge in [0.25, 0.3) is 11.8 Å². The van der Waals surface area contributed by atoms with E-state index in [1.54, 1.807) is 23.1 Å². The maximum absolute atomic E-state index is 14.9. The van der Waals surface area contributed by atoms with E-state index in [1.807, 2.05) is 29.2 Å². The summed E-state index contributed by atoms with van der Waals surface area (Å²) in [5.41, 5.74) is 2.64. The number of hydrogen-bond donors (Lipinski definition) is 1. The molecule has 2 aliphatic rings. The summed E-state index contributed by atoms with van der Waals surface area (Å²) >= 11 is 5.94. The highest BCUT2D eigenvalue weighted by Crippen LogP contribution is 2.19. The molecule has 5 rings (SSSR count). The van der Waals surface area contributed by atoms with Crippen molar-refractivity contribution >= 4 is 23.4 Å². The first-order chi connectivity index (χ1) is 19.3. The van der Waals surface area contributed by atoms with Gasteiger partial charge in [0.15, 0.2) is 0 Å². The number of nitrogens with zero attached hydrogens (tertiary/aromatic N) is 4. The molecule has 210 valence electrons. The molecule has 3 heterocycles. The van der Waals surface area contributed by atoms with E-state index in [1.165, 1.54) is 24.4 Å². The van der Waals surface area contributed by atoms with Crippen molar-refractivity contribution in [3.8, 4) is 0 Å². The predicted molar refractivity (Wildman–Crippen MR) is 149 cm³/mol. The Morgan fingerprint density at radius 1 is 0.875 bits per heavy atom. The molecule has 10 heteroatoms. The monoisotopic (exact) mass is 567 g/mol. The molecule has 2 fully saturated rings. The quantitative estimate of drug-likeness (QED) is 0.464. The number of alkyl halides is 1.